The molecule has 0 aliphatic heterocycles. The van der Waals surface area contributed by atoms with Gasteiger partial charge in [0.2, 0.25) is 5.28 Å². The highest BCUT2D eigenvalue weighted by molar-refractivity contribution is 9.10. The van der Waals surface area contributed by atoms with Gasteiger partial charge in [0.25, 0.3) is 11.7 Å². The molecule has 0 saturated heterocycles. The first-order valence-electron chi connectivity index (χ1n) is 6.99. The van der Waals surface area contributed by atoms with Crippen molar-refractivity contribution in [3.63, 3.8) is 0 Å². The second kappa shape index (κ2) is 7.52. The molecule has 0 radical (unpaired) electrons. The van der Waals surface area contributed by atoms with E-state index in [4.69, 9.17) is 11.6 Å². The van der Waals surface area contributed by atoms with Gasteiger partial charge in [-0.05, 0) is 36.2 Å². The molecule has 3 rings (SSSR count). The van der Waals surface area contributed by atoms with Crippen LogP contribution in [0.4, 0.5) is 5.69 Å². The van der Waals surface area contributed by atoms with Gasteiger partial charge in [-0.1, -0.05) is 35.8 Å². The summed E-state index contributed by atoms with van der Waals surface area (Å²) in [5.41, 5.74) is 1.96. The van der Waals surface area contributed by atoms with Gasteiger partial charge in [-0.2, -0.15) is 0 Å². The van der Waals surface area contributed by atoms with Crippen LogP contribution in [-0.4, -0.2) is 25.5 Å². The van der Waals surface area contributed by atoms with Crippen LogP contribution in [0.3, 0.4) is 0 Å². The highest BCUT2D eigenvalue weighted by Crippen LogP contribution is 2.20. The number of rotatable bonds is 2. The number of nitrogens with one attached hydrogen (secondary N) is 1. The van der Waals surface area contributed by atoms with E-state index in [2.05, 4.69) is 36.4 Å². The van der Waals surface area contributed by atoms with Gasteiger partial charge in [-0.15, -0.1) is 10.2 Å². The highest BCUT2D eigenvalue weighted by Gasteiger charge is 2.12. The van der Waals surface area contributed by atoms with Gasteiger partial charge in [0, 0.05) is 16.2 Å². The van der Waals surface area contributed by atoms with Crippen molar-refractivity contribution in [2.45, 2.75) is 20.8 Å². The van der Waals surface area contributed by atoms with Gasteiger partial charge in [0.15, 0.2) is 0 Å². The van der Waals surface area contributed by atoms with Crippen LogP contribution in [0.1, 0.15) is 29.8 Å². The first-order chi connectivity index (χ1) is 11.1. The van der Waals surface area contributed by atoms with Crippen molar-refractivity contribution in [2.24, 2.45) is 0 Å². The minimum absolute atomic E-state index is 0.187. The monoisotopic (exact) mass is 395 g/mol. The summed E-state index contributed by atoms with van der Waals surface area (Å²) in [6.45, 7) is 5.87. The molecule has 1 amide bonds. The number of halogens is 2. The molecule has 6 nitrogen and oxygen atoms in total. The van der Waals surface area contributed by atoms with Crippen molar-refractivity contribution in [3.05, 3.63) is 51.5 Å². The summed E-state index contributed by atoms with van der Waals surface area (Å²) in [6.07, 6.45) is 3.13. The van der Waals surface area contributed by atoms with E-state index in [1.54, 1.807) is 12.3 Å². The average Bonchev–Trinajstić information content (AvgIpc) is 2.93. The zero-order valence-electron chi connectivity index (χ0n) is 12.8. The molecule has 0 atom stereocenters. The summed E-state index contributed by atoms with van der Waals surface area (Å²) >= 11 is 9.28. The summed E-state index contributed by atoms with van der Waals surface area (Å²) in [4.78, 5) is 16.4. The standard InChI is InChI=1S/C13H9BrClN5O.C2H6/c1-7-9(3-2-4-10(7)14)11(21)17-8-5-16-13-19-18-12(15)20(13)6-8;1-2/h2-6H,1H3,(H,17,21);1-2H3. The second-order valence-electron chi connectivity index (χ2n) is 4.35. The molecule has 0 unspecified atom stereocenters. The lowest BCUT2D eigenvalue weighted by Gasteiger charge is -2.08. The third-order valence-corrected chi connectivity index (χ3v) is 4.11. The molecule has 0 fully saturated rings. The van der Waals surface area contributed by atoms with E-state index in [-0.39, 0.29) is 11.2 Å². The molecule has 120 valence electrons. The Morgan fingerprint density at radius 3 is 2.78 bits per heavy atom. The number of nitrogens with zero attached hydrogens (tertiary/aromatic N) is 4. The smallest absolute Gasteiger partial charge is 0.256 e. The lowest BCUT2D eigenvalue weighted by atomic mass is 10.1. The third-order valence-electron chi connectivity index (χ3n) is 2.99. The Balaban J connectivity index is 0.000000924. The Morgan fingerprint density at radius 1 is 1.30 bits per heavy atom. The van der Waals surface area contributed by atoms with E-state index in [9.17, 15) is 4.79 Å². The molecule has 1 aromatic carbocycles. The van der Waals surface area contributed by atoms with Crippen molar-refractivity contribution >= 4 is 44.9 Å². The average molecular weight is 397 g/mol. The number of aromatic nitrogens is 4. The molecule has 23 heavy (non-hydrogen) atoms. The van der Waals surface area contributed by atoms with E-state index < -0.39 is 0 Å². The molecule has 0 saturated carbocycles. The lowest BCUT2D eigenvalue weighted by Crippen LogP contribution is -2.14. The van der Waals surface area contributed by atoms with Crippen molar-refractivity contribution in [1.82, 2.24) is 19.6 Å². The zero-order valence-corrected chi connectivity index (χ0v) is 15.2. The molecule has 2 aromatic heterocycles. The maximum absolute atomic E-state index is 12.3. The van der Waals surface area contributed by atoms with Crippen LogP contribution in [0.25, 0.3) is 5.78 Å². The van der Waals surface area contributed by atoms with Crippen LogP contribution in [0.2, 0.25) is 5.28 Å². The van der Waals surface area contributed by atoms with Crippen LogP contribution >= 0.6 is 27.5 Å². The first-order valence-corrected chi connectivity index (χ1v) is 8.16. The summed E-state index contributed by atoms with van der Waals surface area (Å²) in [7, 11) is 0. The summed E-state index contributed by atoms with van der Waals surface area (Å²) in [6, 6.07) is 5.45. The maximum atomic E-state index is 12.3. The number of fused-ring (bicyclic) bond motifs is 1. The summed E-state index contributed by atoms with van der Waals surface area (Å²) in [5.74, 6) is 0.149. The van der Waals surface area contributed by atoms with Gasteiger partial charge >= 0.3 is 0 Å². The predicted molar refractivity (Wildman–Crippen MR) is 94.0 cm³/mol. The van der Waals surface area contributed by atoms with Crippen LogP contribution in [0.15, 0.2) is 35.1 Å². The highest BCUT2D eigenvalue weighted by atomic mass is 79.9. The number of anilines is 1. The lowest BCUT2D eigenvalue weighted by molar-refractivity contribution is 0.102. The molecule has 0 aliphatic carbocycles. The fourth-order valence-corrected chi connectivity index (χ4v) is 2.41. The Kier molecular flexibility index (Phi) is 5.68. The Bertz CT molecular complexity index is 849. The fourth-order valence-electron chi connectivity index (χ4n) is 1.88. The number of amides is 1. The van der Waals surface area contributed by atoms with E-state index >= 15 is 0 Å². The van der Waals surface area contributed by atoms with Crippen LogP contribution in [0, 0.1) is 6.92 Å². The number of carbonyl (C=O) groups excluding carboxylic acids is 1. The predicted octanol–water partition coefficient (Wildman–Crippen LogP) is 4.13. The molecule has 0 spiro atoms. The fraction of sp³-hybridized carbons (Fsp3) is 0.200. The minimum atomic E-state index is -0.223. The molecule has 0 aliphatic rings. The van der Waals surface area contributed by atoms with E-state index in [1.807, 2.05) is 32.9 Å². The van der Waals surface area contributed by atoms with Crippen molar-refractivity contribution in [3.8, 4) is 0 Å². The van der Waals surface area contributed by atoms with E-state index in [0.29, 0.717) is 17.0 Å². The Labute approximate surface area is 147 Å². The van der Waals surface area contributed by atoms with Crippen LogP contribution < -0.4 is 5.32 Å². The molecular weight excluding hydrogens is 382 g/mol. The number of benzene rings is 1. The van der Waals surface area contributed by atoms with Gasteiger partial charge < -0.3 is 5.32 Å². The van der Waals surface area contributed by atoms with E-state index in [0.717, 1.165) is 10.0 Å². The Hall–Kier alpha value is -1.99. The quantitative estimate of drug-likeness (QED) is 0.707. The summed E-state index contributed by atoms with van der Waals surface area (Å²) in [5, 5.41) is 10.4. The Morgan fingerprint density at radius 2 is 2.04 bits per heavy atom. The molecule has 0 bridgehead atoms. The van der Waals surface area contributed by atoms with Gasteiger partial charge in [-0.3, -0.25) is 9.20 Å². The minimum Gasteiger partial charge on any atom is -0.319 e. The molecule has 1 N–H and O–H groups in total. The normalized spacial score (nSPS) is 10.1. The molecular formula is C15H15BrClN5O. The first kappa shape index (κ1) is 17.4. The van der Waals surface area contributed by atoms with Crippen molar-refractivity contribution < 1.29 is 4.79 Å². The van der Waals surface area contributed by atoms with E-state index in [1.165, 1.54) is 10.6 Å². The maximum Gasteiger partial charge on any atom is 0.256 e. The summed E-state index contributed by atoms with van der Waals surface area (Å²) < 4.78 is 2.37. The number of hydrogen-bond donors (Lipinski definition) is 1. The van der Waals surface area contributed by atoms with Crippen molar-refractivity contribution in [2.75, 3.05) is 5.32 Å². The molecule has 8 heteroatoms. The molecule has 2 heterocycles. The van der Waals surface area contributed by atoms with Gasteiger partial charge in [0.05, 0.1) is 11.9 Å². The van der Waals surface area contributed by atoms with Crippen LogP contribution in [0.5, 0.6) is 0 Å². The zero-order chi connectivity index (χ0) is 17.0. The SMILES string of the molecule is CC.Cc1c(Br)cccc1C(=O)Nc1cnc2nnc(Cl)n2c1. The second-order valence-corrected chi connectivity index (χ2v) is 5.54. The molecule has 3 aromatic rings. The number of carbonyl (C=O) groups is 1. The topological polar surface area (TPSA) is 72.2 Å². The van der Waals surface area contributed by atoms with Crippen molar-refractivity contribution in [1.29, 1.82) is 0 Å². The number of hydrogen-bond acceptors (Lipinski definition) is 4. The largest absolute Gasteiger partial charge is 0.319 e. The van der Waals surface area contributed by atoms with Crippen LogP contribution in [-0.2, 0) is 0 Å². The van der Waals surface area contributed by atoms with Gasteiger partial charge in [-0.25, -0.2) is 4.98 Å². The third kappa shape index (κ3) is 3.68. The van der Waals surface area contributed by atoms with Gasteiger partial charge in [0.1, 0.15) is 0 Å².